The van der Waals surface area contributed by atoms with Crippen molar-refractivity contribution in [3.63, 3.8) is 0 Å². The Kier molecular flexibility index (Phi) is 5.16. The summed E-state index contributed by atoms with van der Waals surface area (Å²) in [6.07, 6.45) is 0.161. The number of hydrogen-bond acceptors (Lipinski definition) is 2. The lowest BCUT2D eigenvalue weighted by molar-refractivity contribution is -0.136. The molecule has 0 bridgehead atoms. The van der Waals surface area contributed by atoms with Crippen LogP contribution in [0.1, 0.15) is 50.3 Å². The van der Waals surface area contributed by atoms with Gasteiger partial charge in [0, 0.05) is 12.6 Å². The van der Waals surface area contributed by atoms with Crippen molar-refractivity contribution in [3.8, 4) is 0 Å². The number of nitrogens with one attached hydrogen (secondary N) is 1. The zero-order valence-corrected chi connectivity index (χ0v) is 10.7. The van der Waals surface area contributed by atoms with E-state index in [1.54, 1.807) is 0 Å². The fourth-order valence-electron chi connectivity index (χ4n) is 1.70. The molecule has 0 aliphatic carbocycles. The molecule has 0 aliphatic rings. The van der Waals surface area contributed by atoms with E-state index in [-0.39, 0.29) is 12.5 Å². The molecule has 94 valence electrons. The molecule has 0 aromatic heterocycles. The van der Waals surface area contributed by atoms with Crippen LogP contribution < -0.4 is 5.32 Å². The Hall–Kier alpha value is -1.35. The smallest absolute Gasteiger partial charge is 0.304 e. The first-order chi connectivity index (χ1) is 8.00. The molecule has 0 saturated carbocycles. The summed E-state index contributed by atoms with van der Waals surface area (Å²) in [5.74, 6) is -0.248. The van der Waals surface area contributed by atoms with Crippen LogP contribution in [0.25, 0.3) is 0 Å². The van der Waals surface area contributed by atoms with E-state index in [0.717, 1.165) is 0 Å². The minimum absolute atomic E-state index is 0.161. The molecule has 0 spiro atoms. The van der Waals surface area contributed by atoms with E-state index in [2.05, 4.69) is 50.4 Å². The van der Waals surface area contributed by atoms with Crippen molar-refractivity contribution < 1.29 is 9.90 Å². The molecular formula is C14H21NO2. The van der Waals surface area contributed by atoms with Gasteiger partial charge in [0.15, 0.2) is 0 Å². The molecule has 1 rings (SSSR count). The highest BCUT2D eigenvalue weighted by atomic mass is 16.4. The number of hydrogen-bond donors (Lipinski definition) is 2. The fourth-order valence-corrected chi connectivity index (χ4v) is 1.70. The van der Waals surface area contributed by atoms with E-state index in [1.165, 1.54) is 11.1 Å². The molecule has 1 atom stereocenters. The van der Waals surface area contributed by atoms with Crippen molar-refractivity contribution in [1.82, 2.24) is 5.32 Å². The van der Waals surface area contributed by atoms with Gasteiger partial charge in [-0.2, -0.15) is 0 Å². The summed E-state index contributed by atoms with van der Waals surface area (Å²) in [5, 5.41) is 11.8. The van der Waals surface area contributed by atoms with E-state index in [0.29, 0.717) is 12.5 Å². The minimum atomic E-state index is -0.763. The van der Waals surface area contributed by atoms with E-state index in [9.17, 15) is 4.79 Å². The predicted octanol–water partition coefficient (Wildman–Crippen LogP) is 2.94. The minimum Gasteiger partial charge on any atom is -0.481 e. The van der Waals surface area contributed by atoms with Gasteiger partial charge in [0.1, 0.15) is 0 Å². The normalized spacial score (nSPS) is 12.7. The van der Waals surface area contributed by atoms with Crippen LogP contribution in [0.4, 0.5) is 0 Å². The van der Waals surface area contributed by atoms with Crippen LogP contribution in [-0.4, -0.2) is 17.6 Å². The molecular weight excluding hydrogens is 214 g/mol. The maximum Gasteiger partial charge on any atom is 0.304 e. The lowest BCUT2D eigenvalue weighted by Crippen LogP contribution is -2.22. The molecule has 0 amide bonds. The summed E-state index contributed by atoms with van der Waals surface area (Å²) in [4.78, 5) is 10.4. The average Bonchev–Trinajstić information content (AvgIpc) is 2.28. The van der Waals surface area contributed by atoms with Gasteiger partial charge in [-0.3, -0.25) is 4.79 Å². The van der Waals surface area contributed by atoms with E-state index in [4.69, 9.17) is 5.11 Å². The van der Waals surface area contributed by atoms with Crippen molar-refractivity contribution in [2.45, 2.75) is 39.2 Å². The summed E-state index contributed by atoms with van der Waals surface area (Å²) in [5.41, 5.74) is 2.52. The first-order valence-electron chi connectivity index (χ1n) is 6.05. The summed E-state index contributed by atoms with van der Waals surface area (Å²) in [6, 6.07) is 8.62. The summed E-state index contributed by atoms with van der Waals surface area (Å²) in [7, 11) is 0. The molecule has 3 heteroatoms. The highest BCUT2D eigenvalue weighted by Crippen LogP contribution is 2.19. The summed E-state index contributed by atoms with van der Waals surface area (Å²) in [6.45, 7) is 6.90. The maximum absolute atomic E-state index is 10.4. The number of carbonyl (C=O) groups is 1. The Morgan fingerprint density at radius 2 is 1.94 bits per heavy atom. The third-order valence-corrected chi connectivity index (χ3v) is 2.87. The molecule has 3 nitrogen and oxygen atoms in total. The number of rotatable bonds is 6. The molecule has 1 aromatic carbocycles. The van der Waals surface area contributed by atoms with Gasteiger partial charge in [-0.15, -0.1) is 0 Å². The van der Waals surface area contributed by atoms with E-state index in [1.807, 2.05) is 0 Å². The first-order valence-corrected chi connectivity index (χ1v) is 6.05. The zero-order valence-electron chi connectivity index (χ0n) is 10.7. The van der Waals surface area contributed by atoms with Crippen LogP contribution >= 0.6 is 0 Å². The number of carboxylic acid groups (broad SMARTS) is 1. The van der Waals surface area contributed by atoms with Gasteiger partial charge in [0.05, 0.1) is 6.42 Å². The monoisotopic (exact) mass is 235 g/mol. The number of aliphatic carboxylic acids is 1. The second-order valence-electron chi connectivity index (χ2n) is 4.64. The molecule has 1 aromatic rings. The van der Waals surface area contributed by atoms with Gasteiger partial charge >= 0.3 is 5.97 Å². The standard InChI is InChI=1S/C14H21NO2/c1-10(2)12-5-4-6-13(9-12)11(3)15-8-7-14(16)17/h4-6,9-11,15H,7-8H2,1-3H3,(H,16,17). The largest absolute Gasteiger partial charge is 0.481 e. The van der Waals surface area contributed by atoms with Gasteiger partial charge in [0.25, 0.3) is 0 Å². The molecule has 2 N–H and O–H groups in total. The van der Waals surface area contributed by atoms with Crippen LogP contribution in [0.15, 0.2) is 24.3 Å². The molecule has 0 fully saturated rings. The lowest BCUT2D eigenvalue weighted by Gasteiger charge is -2.15. The van der Waals surface area contributed by atoms with Crippen molar-refractivity contribution in [2.75, 3.05) is 6.54 Å². The van der Waals surface area contributed by atoms with Crippen molar-refractivity contribution in [1.29, 1.82) is 0 Å². The Morgan fingerprint density at radius 1 is 1.29 bits per heavy atom. The quantitative estimate of drug-likeness (QED) is 0.797. The Bertz CT molecular complexity index is 374. The first kappa shape index (κ1) is 13.7. The highest BCUT2D eigenvalue weighted by Gasteiger charge is 2.07. The van der Waals surface area contributed by atoms with Gasteiger partial charge in [0.2, 0.25) is 0 Å². The molecule has 0 aliphatic heterocycles. The van der Waals surface area contributed by atoms with Gasteiger partial charge < -0.3 is 10.4 Å². The molecule has 1 unspecified atom stereocenters. The molecule has 0 radical (unpaired) electrons. The maximum atomic E-state index is 10.4. The van der Waals surface area contributed by atoms with Crippen molar-refractivity contribution >= 4 is 5.97 Å². The second-order valence-corrected chi connectivity index (χ2v) is 4.64. The predicted molar refractivity (Wildman–Crippen MR) is 69.2 cm³/mol. The average molecular weight is 235 g/mol. The SMILES string of the molecule is CC(C)c1cccc(C(C)NCCC(=O)O)c1. The molecule has 0 saturated heterocycles. The van der Waals surface area contributed by atoms with E-state index >= 15 is 0 Å². The fraction of sp³-hybridized carbons (Fsp3) is 0.500. The van der Waals surface area contributed by atoms with Crippen LogP contribution in [0, 0.1) is 0 Å². The molecule has 17 heavy (non-hydrogen) atoms. The van der Waals surface area contributed by atoms with Crippen LogP contribution in [0.5, 0.6) is 0 Å². The Labute approximate surface area is 103 Å². The van der Waals surface area contributed by atoms with E-state index < -0.39 is 5.97 Å². The third kappa shape index (κ3) is 4.57. The van der Waals surface area contributed by atoms with Crippen LogP contribution in [-0.2, 0) is 4.79 Å². The third-order valence-electron chi connectivity index (χ3n) is 2.87. The second kappa shape index (κ2) is 6.40. The molecule has 0 heterocycles. The highest BCUT2D eigenvalue weighted by molar-refractivity contribution is 5.66. The number of benzene rings is 1. The van der Waals surface area contributed by atoms with Crippen LogP contribution in [0.3, 0.4) is 0 Å². The summed E-state index contributed by atoms with van der Waals surface area (Å²) < 4.78 is 0. The van der Waals surface area contributed by atoms with Gasteiger partial charge in [-0.1, -0.05) is 38.1 Å². The van der Waals surface area contributed by atoms with Crippen LogP contribution in [0.2, 0.25) is 0 Å². The van der Waals surface area contributed by atoms with Gasteiger partial charge in [-0.05, 0) is 24.0 Å². The van der Waals surface area contributed by atoms with Crippen molar-refractivity contribution in [3.05, 3.63) is 35.4 Å². The van der Waals surface area contributed by atoms with Gasteiger partial charge in [-0.25, -0.2) is 0 Å². The summed E-state index contributed by atoms with van der Waals surface area (Å²) >= 11 is 0. The zero-order chi connectivity index (χ0) is 12.8. The van der Waals surface area contributed by atoms with Crippen molar-refractivity contribution in [2.24, 2.45) is 0 Å². The lowest BCUT2D eigenvalue weighted by atomic mass is 9.98. The Morgan fingerprint density at radius 3 is 2.53 bits per heavy atom. The number of carboxylic acids is 1. The Balaban J connectivity index is 2.59. The topological polar surface area (TPSA) is 49.3 Å².